The number of aromatic carboxylic acids is 1. The molecule has 0 aromatic heterocycles. The monoisotopic (exact) mass is 667 g/mol. The van der Waals surface area contributed by atoms with Gasteiger partial charge in [-0.15, -0.1) is 0 Å². The van der Waals surface area contributed by atoms with Crippen LogP contribution >= 0.6 is 0 Å². The van der Waals surface area contributed by atoms with Crippen molar-refractivity contribution in [1.82, 2.24) is 10.6 Å². The number of esters is 1. The first kappa shape index (κ1) is 37.5. The Bertz CT molecular complexity index is 1480. The Labute approximate surface area is 279 Å². The Morgan fingerprint density at radius 1 is 0.938 bits per heavy atom. The quantitative estimate of drug-likeness (QED) is 0.161. The van der Waals surface area contributed by atoms with Gasteiger partial charge in [0.1, 0.15) is 17.7 Å². The van der Waals surface area contributed by atoms with E-state index in [2.05, 4.69) is 16.0 Å². The summed E-state index contributed by atoms with van der Waals surface area (Å²) in [6.45, 7) is 7.34. The van der Waals surface area contributed by atoms with E-state index in [1.54, 1.807) is 26.8 Å². The van der Waals surface area contributed by atoms with Gasteiger partial charge in [-0.1, -0.05) is 30.3 Å². The molecule has 2 aromatic carbocycles. The van der Waals surface area contributed by atoms with Crippen molar-refractivity contribution in [2.75, 3.05) is 23.3 Å². The predicted molar refractivity (Wildman–Crippen MR) is 177 cm³/mol. The molecule has 14 heteroatoms. The topological polar surface area (TPSA) is 217 Å². The first-order chi connectivity index (χ1) is 22.5. The number of hydrogen-bond acceptors (Lipinski definition) is 9. The van der Waals surface area contributed by atoms with Crippen molar-refractivity contribution >= 4 is 47.0 Å². The highest BCUT2D eigenvalue weighted by atomic mass is 16.6. The number of aliphatic carboxylic acids is 1. The third-order valence-electron chi connectivity index (χ3n) is 7.78. The summed E-state index contributed by atoms with van der Waals surface area (Å²) in [6.07, 6.45) is 0.641. The first-order valence-electron chi connectivity index (χ1n) is 15.8. The lowest BCUT2D eigenvalue weighted by molar-refractivity contribution is -0.155. The number of piperidine rings is 1. The van der Waals surface area contributed by atoms with Gasteiger partial charge in [0.15, 0.2) is 0 Å². The Balaban J connectivity index is 1.73. The highest BCUT2D eigenvalue weighted by Crippen LogP contribution is 2.28. The van der Waals surface area contributed by atoms with Crippen molar-refractivity contribution in [3.63, 3.8) is 0 Å². The summed E-state index contributed by atoms with van der Waals surface area (Å²) in [5.41, 5.74) is 6.40. The zero-order valence-electron chi connectivity index (χ0n) is 27.7. The van der Waals surface area contributed by atoms with Crippen molar-refractivity contribution in [2.45, 2.75) is 83.5 Å². The van der Waals surface area contributed by atoms with E-state index in [4.69, 9.17) is 10.5 Å². The number of nitrogens with one attached hydrogen (secondary N) is 3. The molecule has 1 aliphatic rings. The fraction of sp³-hybridized carbons (Fsp3) is 0.471. The number of amides is 3. The highest BCUT2D eigenvalue weighted by Gasteiger charge is 2.29. The van der Waals surface area contributed by atoms with Crippen LogP contribution in [0.25, 0.3) is 0 Å². The van der Waals surface area contributed by atoms with E-state index in [0.717, 1.165) is 5.56 Å². The second kappa shape index (κ2) is 16.7. The zero-order chi connectivity index (χ0) is 35.6. The molecule has 0 unspecified atom stereocenters. The molecule has 3 amide bonds. The highest BCUT2D eigenvalue weighted by molar-refractivity contribution is 6.04. The summed E-state index contributed by atoms with van der Waals surface area (Å²) < 4.78 is 5.34. The van der Waals surface area contributed by atoms with Gasteiger partial charge in [-0.25, -0.2) is 4.79 Å². The van der Waals surface area contributed by atoms with E-state index < -0.39 is 65.3 Å². The molecule has 1 heterocycles. The Morgan fingerprint density at radius 3 is 2.17 bits per heavy atom. The predicted octanol–water partition coefficient (Wildman–Crippen LogP) is 2.31. The van der Waals surface area contributed by atoms with Crippen molar-refractivity contribution < 1.29 is 43.7 Å². The zero-order valence-corrected chi connectivity index (χ0v) is 27.7. The number of ether oxygens (including phenoxy) is 1. The SMILES string of the molecule is C[C@H](NC(=O)[C@H](N)Cc1ccccc1)C(=O)N[C@@H](CCC(=O)OC(C)(C)C)C(=O)Nc1ccc(N2CCC(C(=O)O)CC2)cc1C(=O)O. The van der Waals surface area contributed by atoms with Gasteiger partial charge in [0.05, 0.1) is 23.2 Å². The summed E-state index contributed by atoms with van der Waals surface area (Å²) in [5, 5.41) is 26.9. The number of carboxylic acids is 2. The molecule has 0 spiro atoms. The number of rotatable bonds is 14. The molecular weight excluding hydrogens is 622 g/mol. The smallest absolute Gasteiger partial charge is 0.337 e. The van der Waals surface area contributed by atoms with E-state index in [1.165, 1.54) is 19.1 Å². The number of nitrogens with zero attached hydrogens (tertiary/aromatic N) is 1. The van der Waals surface area contributed by atoms with Gasteiger partial charge in [0.25, 0.3) is 0 Å². The third-order valence-corrected chi connectivity index (χ3v) is 7.78. The van der Waals surface area contributed by atoms with Crippen LogP contribution in [0.2, 0.25) is 0 Å². The molecular formula is C34H45N5O9. The molecule has 1 aliphatic heterocycles. The summed E-state index contributed by atoms with van der Waals surface area (Å²) in [4.78, 5) is 77.3. The van der Waals surface area contributed by atoms with Crippen LogP contribution in [0.15, 0.2) is 48.5 Å². The molecule has 0 radical (unpaired) electrons. The van der Waals surface area contributed by atoms with Gasteiger partial charge in [0.2, 0.25) is 17.7 Å². The maximum Gasteiger partial charge on any atom is 0.337 e. The van der Waals surface area contributed by atoms with Crippen LogP contribution in [-0.4, -0.2) is 82.7 Å². The van der Waals surface area contributed by atoms with Gasteiger partial charge < -0.3 is 41.5 Å². The summed E-state index contributed by atoms with van der Waals surface area (Å²) in [6, 6.07) is 10.2. The molecule has 1 fully saturated rings. The molecule has 2 aromatic rings. The lowest BCUT2D eigenvalue weighted by Crippen LogP contribution is -2.54. The average molecular weight is 668 g/mol. The maximum atomic E-state index is 13.5. The van der Waals surface area contributed by atoms with Crippen LogP contribution in [0.5, 0.6) is 0 Å². The number of carboxylic acid groups (broad SMARTS) is 2. The third kappa shape index (κ3) is 11.4. The molecule has 48 heavy (non-hydrogen) atoms. The Kier molecular flexibility index (Phi) is 13.1. The van der Waals surface area contributed by atoms with Gasteiger partial charge in [-0.3, -0.25) is 24.0 Å². The first-order valence-corrected chi connectivity index (χ1v) is 15.8. The van der Waals surface area contributed by atoms with E-state index in [1.807, 2.05) is 35.2 Å². The summed E-state index contributed by atoms with van der Waals surface area (Å²) >= 11 is 0. The second-order valence-electron chi connectivity index (χ2n) is 12.8. The number of nitrogens with two attached hydrogens (primary N) is 1. The van der Waals surface area contributed by atoms with Crippen LogP contribution in [-0.2, 0) is 35.1 Å². The molecule has 1 saturated heterocycles. The van der Waals surface area contributed by atoms with Crippen LogP contribution < -0.4 is 26.6 Å². The van der Waals surface area contributed by atoms with Gasteiger partial charge >= 0.3 is 17.9 Å². The fourth-order valence-electron chi connectivity index (χ4n) is 5.19. The normalized spacial score (nSPS) is 15.4. The number of carbonyl (C=O) groups is 6. The van der Waals surface area contributed by atoms with Crippen molar-refractivity contribution in [1.29, 1.82) is 0 Å². The fourth-order valence-corrected chi connectivity index (χ4v) is 5.19. The van der Waals surface area contributed by atoms with Gasteiger partial charge in [0, 0.05) is 25.2 Å². The molecule has 0 aliphatic carbocycles. The number of anilines is 2. The van der Waals surface area contributed by atoms with Gasteiger partial charge in [-0.05, 0) is 77.1 Å². The molecule has 3 rings (SSSR count). The van der Waals surface area contributed by atoms with Crippen molar-refractivity contribution in [3.8, 4) is 0 Å². The van der Waals surface area contributed by atoms with E-state index in [9.17, 15) is 39.0 Å². The second-order valence-corrected chi connectivity index (χ2v) is 12.8. The maximum absolute atomic E-state index is 13.5. The lowest BCUT2D eigenvalue weighted by Gasteiger charge is -2.32. The number of benzene rings is 2. The molecule has 260 valence electrons. The van der Waals surface area contributed by atoms with Gasteiger partial charge in [-0.2, -0.15) is 0 Å². The largest absolute Gasteiger partial charge is 0.481 e. The minimum absolute atomic E-state index is 0.0403. The van der Waals surface area contributed by atoms with Crippen LogP contribution in [0.3, 0.4) is 0 Å². The minimum Gasteiger partial charge on any atom is -0.481 e. The Hall–Kier alpha value is -4.98. The average Bonchev–Trinajstić information content (AvgIpc) is 3.02. The van der Waals surface area contributed by atoms with Crippen LogP contribution in [0.4, 0.5) is 11.4 Å². The minimum atomic E-state index is -1.31. The molecule has 7 N–H and O–H groups in total. The lowest BCUT2D eigenvalue weighted by atomic mass is 9.96. The molecule has 0 bridgehead atoms. The molecule has 14 nitrogen and oxygen atoms in total. The van der Waals surface area contributed by atoms with Crippen molar-refractivity contribution in [2.24, 2.45) is 11.7 Å². The van der Waals surface area contributed by atoms with Crippen LogP contribution in [0, 0.1) is 5.92 Å². The molecule has 3 atom stereocenters. The summed E-state index contributed by atoms with van der Waals surface area (Å²) in [5.74, 6) is -5.34. The Morgan fingerprint density at radius 2 is 1.58 bits per heavy atom. The van der Waals surface area contributed by atoms with E-state index >= 15 is 0 Å². The van der Waals surface area contributed by atoms with E-state index in [0.29, 0.717) is 31.6 Å². The van der Waals surface area contributed by atoms with Crippen LogP contribution in [0.1, 0.15) is 69.3 Å². The number of hydrogen-bond donors (Lipinski definition) is 6. The number of carbonyl (C=O) groups excluding carboxylic acids is 4. The van der Waals surface area contributed by atoms with E-state index in [-0.39, 0.29) is 30.5 Å². The molecule has 0 saturated carbocycles. The summed E-state index contributed by atoms with van der Waals surface area (Å²) in [7, 11) is 0. The van der Waals surface area contributed by atoms with Crippen molar-refractivity contribution in [3.05, 3.63) is 59.7 Å². The standard InChI is InChI=1S/C34H45N5O9/c1-20(36-30(42)25(35)18-21-8-6-5-7-9-21)29(41)38-27(12-13-28(40)48-34(2,3)4)31(43)37-26-11-10-23(19-24(26)33(46)47)39-16-14-22(15-17-39)32(44)45/h5-11,19-20,22,25,27H,12-18,35H2,1-4H3,(H,36,42)(H,37,43)(H,38,41)(H,44,45)(H,46,47)/t20-,25+,27-/m0/s1.